The summed E-state index contributed by atoms with van der Waals surface area (Å²) in [7, 11) is 0. The second kappa shape index (κ2) is 8.24. The summed E-state index contributed by atoms with van der Waals surface area (Å²) < 4.78 is 0. The maximum absolute atomic E-state index is 6.32. The topological polar surface area (TPSA) is 6.48 Å². The van der Waals surface area contributed by atoms with E-state index < -0.39 is 0 Å². The minimum atomic E-state index is 0. The van der Waals surface area contributed by atoms with Crippen LogP contribution in [0.1, 0.15) is 33.6 Å². The zero-order chi connectivity index (χ0) is 18.3. The summed E-state index contributed by atoms with van der Waals surface area (Å²) in [6.07, 6.45) is 2.45. The molecule has 1 unspecified atom stereocenters. The second-order valence-electron chi connectivity index (χ2n) is 8.25. The molecule has 4 rings (SSSR count). The number of rotatable bonds is 4. The molecular weight excluding hydrogens is 395 g/mol. The van der Waals surface area contributed by atoms with Crippen molar-refractivity contribution in [3.8, 4) is 0 Å². The molecule has 2 aromatic carbocycles. The lowest BCUT2D eigenvalue weighted by molar-refractivity contribution is 0.174. The highest BCUT2D eigenvalue weighted by atomic mass is 35.5. The van der Waals surface area contributed by atoms with Crippen LogP contribution < -0.4 is 4.90 Å². The third-order valence-electron chi connectivity index (χ3n) is 5.63. The summed E-state index contributed by atoms with van der Waals surface area (Å²) in [5, 5.41) is 0.809. The van der Waals surface area contributed by atoms with Gasteiger partial charge >= 0.3 is 0 Å². The minimum absolute atomic E-state index is 0. The average Bonchev–Trinajstić information content (AvgIpc) is 2.86. The van der Waals surface area contributed by atoms with E-state index in [0.717, 1.165) is 30.5 Å². The number of benzene rings is 2. The van der Waals surface area contributed by atoms with Gasteiger partial charge in [-0.05, 0) is 62.9 Å². The van der Waals surface area contributed by atoms with Crippen molar-refractivity contribution in [2.24, 2.45) is 5.92 Å². The quantitative estimate of drug-likeness (QED) is 0.530. The molecule has 5 heteroatoms. The number of anilines is 2. The molecule has 0 aliphatic carbocycles. The fourth-order valence-corrected chi connectivity index (χ4v) is 5.77. The van der Waals surface area contributed by atoms with E-state index in [1.165, 1.54) is 34.1 Å². The molecular formula is C22H28Cl2N2S. The van der Waals surface area contributed by atoms with E-state index in [4.69, 9.17) is 11.6 Å². The Bertz CT molecular complexity index is 809. The Morgan fingerprint density at radius 1 is 1.07 bits per heavy atom. The van der Waals surface area contributed by atoms with Gasteiger partial charge in [-0.1, -0.05) is 42.4 Å². The van der Waals surface area contributed by atoms with Crippen LogP contribution in [0.2, 0.25) is 5.02 Å². The summed E-state index contributed by atoms with van der Waals surface area (Å²) in [6, 6.07) is 15.0. The Morgan fingerprint density at radius 3 is 2.56 bits per heavy atom. The van der Waals surface area contributed by atoms with E-state index in [0.29, 0.717) is 5.54 Å². The van der Waals surface area contributed by atoms with Crippen LogP contribution in [0.5, 0.6) is 0 Å². The van der Waals surface area contributed by atoms with Crippen molar-refractivity contribution in [3.63, 3.8) is 0 Å². The first-order chi connectivity index (χ1) is 12.4. The Morgan fingerprint density at radius 2 is 1.81 bits per heavy atom. The van der Waals surface area contributed by atoms with Crippen LogP contribution in [-0.2, 0) is 0 Å². The smallest absolute Gasteiger partial charge is 0.0567 e. The number of nitrogens with zero attached hydrogens (tertiary/aromatic N) is 2. The Labute approximate surface area is 178 Å². The molecule has 0 amide bonds. The van der Waals surface area contributed by atoms with Crippen molar-refractivity contribution in [2.45, 2.75) is 48.9 Å². The van der Waals surface area contributed by atoms with Gasteiger partial charge in [0.15, 0.2) is 0 Å². The summed E-state index contributed by atoms with van der Waals surface area (Å²) in [4.78, 5) is 7.75. The number of halogens is 2. The zero-order valence-electron chi connectivity index (χ0n) is 16.2. The van der Waals surface area contributed by atoms with Gasteiger partial charge in [0, 0.05) is 40.0 Å². The van der Waals surface area contributed by atoms with Crippen molar-refractivity contribution in [1.82, 2.24) is 4.90 Å². The van der Waals surface area contributed by atoms with Gasteiger partial charge in [-0.2, -0.15) is 0 Å². The van der Waals surface area contributed by atoms with Crippen molar-refractivity contribution in [1.29, 1.82) is 0 Å². The van der Waals surface area contributed by atoms with Crippen LogP contribution in [-0.4, -0.2) is 30.1 Å². The molecule has 2 heterocycles. The van der Waals surface area contributed by atoms with Gasteiger partial charge in [0.05, 0.1) is 11.4 Å². The first-order valence-electron chi connectivity index (χ1n) is 9.53. The van der Waals surface area contributed by atoms with Crippen LogP contribution in [0.4, 0.5) is 11.4 Å². The van der Waals surface area contributed by atoms with Crippen LogP contribution in [0.25, 0.3) is 0 Å². The number of hydrogen-bond acceptors (Lipinski definition) is 3. The van der Waals surface area contributed by atoms with Gasteiger partial charge < -0.3 is 4.90 Å². The van der Waals surface area contributed by atoms with Crippen molar-refractivity contribution in [3.05, 3.63) is 47.5 Å². The van der Waals surface area contributed by atoms with Gasteiger partial charge in [-0.15, -0.1) is 12.4 Å². The first kappa shape index (κ1) is 20.9. The molecule has 146 valence electrons. The van der Waals surface area contributed by atoms with Gasteiger partial charge in [-0.25, -0.2) is 0 Å². The fourth-order valence-electron chi connectivity index (χ4n) is 4.53. The lowest BCUT2D eigenvalue weighted by Crippen LogP contribution is -2.39. The molecule has 2 aliphatic rings. The van der Waals surface area contributed by atoms with Gasteiger partial charge in [-0.3, -0.25) is 4.90 Å². The molecule has 0 aromatic heterocycles. The molecule has 2 aromatic rings. The molecule has 2 aliphatic heterocycles. The highest BCUT2D eigenvalue weighted by Gasteiger charge is 2.35. The maximum Gasteiger partial charge on any atom is 0.0567 e. The van der Waals surface area contributed by atoms with Crippen molar-refractivity contribution in [2.75, 3.05) is 24.5 Å². The van der Waals surface area contributed by atoms with Crippen LogP contribution >= 0.6 is 35.8 Å². The Kier molecular flexibility index (Phi) is 6.37. The number of para-hydroxylation sites is 1. The zero-order valence-corrected chi connectivity index (χ0v) is 18.6. The lowest BCUT2D eigenvalue weighted by atomic mass is 9.97. The normalized spacial score (nSPS) is 20.7. The number of hydrogen-bond donors (Lipinski definition) is 0. The predicted octanol–water partition coefficient (Wildman–Crippen LogP) is 6.88. The fraction of sp³-hybridized carbons (Fsp3) is 0.455. The molecule has 0 spiro atoms. The molecule has 2 nitrogen and oxygen atoms in total. The summed E-state index contributed by atoms with van der Waals surface area (Å²) >= 11 is 8.16. The molecule has 1 atom stereocenters. The van der Waals surface area contributed by atoms with Crippen molar-refractivity contribution >= 4 is 47.1 Å². The summed E-state index contributed by atoms with van der Waals surface area (Å²) in [5.41, 5.74) is 2.88. The lowest BCUT2D eigenvalue weighted by Gasteiger charge is -2.35. The maximum atomic E-state index is 6.32. The number of likely N-dealkylation sites (tertiary alicyclic amines) is 1. The van der Waals surface area contributed by atoms with E-state index in [-0.39, 0.29) is 12.4 Å². The third kappa shape index (κ3) is 4.27. The van der Waals surface area contributed by atoms with Crippen LogP contribution in [0.15, 0.2) is 52.3 Å². The monoisotopic (exact) mass is 422 g/mol. The largest absolute Gasteiger partial charge is 0.340 e. The highest BCUT2D eigenvalue weighted by molar-refractivity contribution is 7.99. The third-order valence-corrected chi connectivity index (χ3v) is 7.00. The van der Waals surface area contributed by atoms with E-state index in [2.05, 4.69) is 67.0 Å². The SMILES string of the molecule is CC1CN(CCCN2c3ccccc3Sc3ccc(Cl)cc32)C(C)(C)C1.Cl. The van der Waals surface area contributed by atoms with Crippen molar-refractivity contribution < 1.29 is 0 Å². The van der Waals surface area contributed by atoms with Crippen LogP contribution in [0, 0.1) is 5.92 Å². The van der Waals surface area contributed by atoms with Gasteiger partial charge in [0.2, 0.25) is 0 Å². The average molecular weight is 423 g/mol. The molecule has 1 fully saturated rings. The molecule has 0 bridgehead atoms. The summed E-state index contributed by atoms with van der Waals surface area (Å²) in [5.74, 6) is 0.802. The molecule has 0 radical (unpaired) electrons. The molecule has 27 heavy (non-hydrogen) atoms. The predicted molar refractivity (Wildman–Crippen MR) is 120 cm³/mol. The highest BCUT2D eigenvalue weighted by Crippen LogP contribution is 2.48. The minimum Gasteiger partial charge on any atom is -0.340 e. The Hall–Kier alpha value is -0.870. The van der Waals surface area contributed by atoms with E-state index in [9.17, 15) is 0 Å². The number of fused-ring (bicyclic) bond motifs is 2. The molecule has 1 saturated heterocycles. The molecule has 0 N–H and O–H groups in total. The second-order valence-corrected chi connectivity index (χ2v) is 9.77. The standard InChI is InChI=1S/C22H27ClN2S.ClH/c1-16-14-22(2,3)24(15-16)11-6-12-25-18-7-4-5-8-20(18)26-21-10-9-17(23)13-19(21)25;/h4-5,7-10,13,16H,6,11-12,14-15H2,1-3H3;1H. The van der Waals surface area contributed by atoms with E-state index in [1.54, 1.807) is 0 Å². The van der Waals surface area contributed by atoms with Crippen LogP contribution in [0.3, 0.4) is 0 Å². The summed E-state index contributed by atoms with van der Waals surface area (Å²) in [6.45, 7) is 10.5. The van der Waals surface area contributed by atoms with Gasteiger partial charge in [0.25, 0.3) is 0 Å². The Balaban J connectivity index is 0.00000210. The van der Waals surface area contributed by atoms with E-state index >= 15 is 0 Å². The molecule has 0 saturated carbocycles. The first-order valence-corrected chi connectivity index (χ1v) is 10.7. The van der Waals surface area contributed by atoms with Gasteiger partial charge in [0.1, 0.15) is 0 Å². The van der Waals surface area contributed by atoms with E-state index in [1.807, 2.05) is 17.8 Å².